The van der Waals surface area contributed by atoms with Gasteiger partial charge in [-0.25, -0.2) is 0 Å². The third-order valence-corrected chi connectivity index (χ3v) is 4.71. The lowest BCUT2D eigenvalue weighted by molar-refractivity contribution is 0.205. The van der Waals surface area contributed by atoms with Crippen LogP contribution in [-0.2, 0) is 5.54 Å². The van der Waals surface area contributed by atoms with Gasteiger partial charge < -0.3 is 10.5 Å². The molecule has 0 aromatic carbocycles. The molecule has 3 heteroatoms. The van der Waals surface area contributed by atoms with Crippen LogP contribution in [0.3, 0.4) is 0 Å². The first-order chi connectivity index (χ1) is 9.21. The van der Waals surface area contributed by atoms with Crippen molar-refractivity contribution in [2.45, 2.75) is 51.0 Å². The molecule has 0 radical (unpaired) electrons. The maximum Gasteiger partial charge on any atom is 0.137 e. The van der Waals surface area contributed by atoms with E-state index in [1.54, 1.807) is 6.20 Å². The monoisotopic (exact) mass is 260 g/mol. The third kappa shape index (κ3) is 2.76. The molecule has 0 spiro atoms. The Balaban J connectivity index is 1.80. The molecule has 0 amide bonds. The molecule has 2 fully saturated rings. The zero-order valence-electron chi connectivity index (χ0n) is 11.8. The predicted molar refractivity (Wildman–Crippen MR) is 76.0 cm³/mol. The van der Waals surface area contributed by atoms with Gasteiger partial charge in [-0.15, -0.1) is 0 Å². The molecule has 3 rings (SSSR count). The number of rotatable bonds is 4. The van der Waals surface area contributed by atoms with Gasteiger partial charge in [-0.05, 0) is 56.1 Å². The molecule has 19 heavy (non-hydrogen) atoms. The van der Waals surface area contributed by atoms with Crippen molar-refractivity contribution in [2.75, 3.05) is 6.61 Å². The first-order valence-electron chi connectivity index (χ1n) is 7.58. The molecule has 0 aliphatic heterocycles. The summed E-state index contributed by atoms with van der Waals surface area (Å²) in [7, 11) is 0. The lowest BCUT2D eigenvalue weighted by Gasteiger charge is -2.38. The Morgan fingerprint density at radius 2 is 2.16 bits per heavy atom. The molecule has 0 saturated heterocycles. The van der Waals surface area contributed by atoms with E-state index in [0.717, 1.165) is 36.0 Å². The molecule has 2 N–H and O–H groups in total. The second kappa shape index (κ2) is 5.12. The zero-order chi connectivity index (χ0) is 13.3. The van der Waals surface area contributed by atoms with Crippen LogP contribution in [-0.4, -0.2) is 11.6 Å². The topological polar surface area (TPSA) is 48.1 Å². The van der Waals surface area contributed by atoms with E-state index in [-0.39, 0.29) is 5.54 Å². The van der Waals surface area contributed by atoms with Crippen LogP contribution < -0.4 is 10.5 Å². The van der Waals surface area contributed by atoms with Crippen LogP contribution in [0.1, 0.15) is 51.0 Å². The number of nitrogens with two attached hydrogens (primary N) is 1. The average molecular weight is 260 g/mol. The third-order valence-electron chi connectivity index (χ3n) is 4.71. The second-order valence-electron chi connectivity index (χ2n) is 6.19. The fourth-order valence-electron chi connectivity index (χ4n) is 3.52. The lowest BCUT2D eigenvalue weighted by Crippen LogP contribution is -2.42. The Hall–Kier alpha value is -1.09. The molecular weight excluding hydrogens is 236 g/mol. The summed E-state index contributed by atoms with van der Waals surface area (Å²) in [6.07, 6.45) is 11.3. The van der Waals surface area contributed by atoms with Crippen LogP contribution >= 0.6 is 0 Å². The summed E-state index contributed by atoms with van der Waals surface area (Å²) in [5, 5.41) is 0. The van der Waals surface area contributed by atoms with Gasteiger partial charge in [-0.2, -0.15) is 0 Å². The summed E-state index contributed by atoms with van der Waals surface area (Å²) in [5.41, 5.74) is 7.67. The minimum Gasteiger partial charge on any atom is -0.492 e. The van der Waals surface area contributed by atoms with E-state index in [1.165, 1.54) is 25.7 Å². The normalized spacial score (nSPS) is 31.2. The Labute approximate surface area is 115 Å². The van der Waals surface area contributed by atoms with Crippen molar-refractivity contribution >= 4 is 0 Å². The van der Waals surface area contributed by atoms with Gasteiger partial charge in [-0.1, -0.05) is 12.8 Å². The maximum atomic E-state index is 6.71. The largest absolute Gasteiger partial charge is 0.492 e. The Morgan fingerprint density at radius 1 is 1.32 bits per heavy atom. The van der Waals surface area contributed by atoms with Crippen LogP contribution in [0.4, 0.5) is 0 Å². The summed E-state index contributed by atoms with van der Waals surface area (Å²) in [6.45, 7) is 2.67. The van der Waals surface area contributed by atoms with Crippen molar-refractivity contribution in [1.82, 2.24) is 4.98 Å². The molecule has 3 nitrogen and oxygen atoms in total. The van der Waals surface area contributed by atoms with E-state index >= 15 is 0 Å². The molecule has 0 bridgehead atoms. The van der Waals surface area contributed by atoms with Crippen LogP contribution in [0.15, 0.2) is 18.5 Å². The number of hydrogen-bond donors (Lipinski definition) is 1. The fraction of sp³-hybridized carbons (Fsp3) is 0.688. The van der Waals surface area contributed by atoms with Gasteiger partial charge in [0, 0.05) is 11.7 Å². The summed E-state index contributed by atoms with van der Waals surface area (Å²) >= 11 is 0. The molecule has 2 aliphatic rings. The summed E-state index contributed by atoms with van der Waals surface area (Å²) in [6, 6.07) is 2.09. The molecule has 2 atom stereocenters. The highest BCUT2D eigenvalue weighted by atomic mass is 16.5. The Bertz CT molecular complexity index is 444. The highest BCUT2D eigenvalue weighted by Gasteiger charge is 2.41. The van der Waals surface area contributed by atoms with Gasteiger partial charge in [-0.3, -0.25) is 4.98 Å². The highest BCUT2D eigenvalue weighted by Crippen LogP contribution is 2.48. The number of ether oxygens (including phenoxy) is 1. The number of pyridine rings is 1. The molecule has 2 saturated carbocycles. The molecule has 2 aliphatic carbocycles. The number of nitrogens with zero attached hydrogens (tertiary/aromatic N) is 1. The summed E-state index contributed by atoms with van der Waals surface area (Å²) in [5.74, 6) is 2.62. The van der Waals surface area contributed by atoms with E-state index in [9.17, 15) is 0 Å². The summed E-state index contributed by atoms with van der Waals surface area (Å²) in [4.78, 5) is 4.30. The van der Waals surface area contributed by atoms with E-state index in [0.29, 0.717) is 6.61 Å². The SMILES string of the molecule is CCOc1cncc(C2(N)CCCC(C3CC3)C2)c1. The van der Waals surface area contributed by atoms with Crippen molar-refractivity contribution in [2.24, 2.45) is 17.6 Å². The molecule has 104 valence electrons. The van der Waals surface area contributed by atoms with Crippen molar-refractivity contribution in [1.29, 1.82) is 0 Å². The average Bonchev–Trinajstić information content (AvgIpc) is 3.24. The standard InChI is InChI=1S/C16H24N2O/c1-2-19-15-8-14(10-18-11-15)16(17)7-3-4-13(9-16)12-5-6-12/h8,10-13H,2-7,9,17H2,1H3. The van der Waals surface area contributed by atoms with Crippen LogP contribution in [0.5, 0.6) is 5.75 Å². The molecule has 1 heterocycles. The highest BCUT2D eigenvalue weighted by molar-refractivity contribution is 5.30. The van der Waals surface area contributed by atoms with Gasteiger partial charge in [0.2, 0.25) is 0 Å². The van der Waals surface area contributed by atoms with E-state index in [2.05, 4.69) is 11.1 Å². The Morgan fingerprint density at radius 3 is 2.89 bits per heavy atom. The molecule has 2 unspecified atom stereocenters. The van der Waals surface area contributed by atoms with Crippen LogP contribution in [0.2, 0.25) is 0 Å². The number of aromatic nitrogens is 1. The summed E-state index contributed by atoms with van der Waals surface area (Å²) < 4.78 is 5.55. The van der Waals surface area contributed by atoms with E-state index in [4.69, 9.17) is 10.5 Å². The van der Waals surface area contributed by atoms with Crippen molar-refractivity contribution in [3.8, 4) is 5.75 Å². The lowest BCUT2D eigenvalue weighted by atomic mass is 9.71. The maximum absolute atomic E-state index is 6.71. The first kappa shape index (κ1) is 12.9. The fourth-order valence-corrected chi connectivity index (χ4v) is 3.52. The van der Waals surface area contributed by atoms with Gasteiger partial charge >= 0.3 is 0 Å². The number of hydrogen-bond acceptors (Lipinski definition) is 3. The smallest absolute Gasteiger partial charge is 0.137 e. The van der Waals surface area contributed by atoms with E-state index in [1.807, 2.05) is 13.1 Å². The minimum atomic E-state index is -0.189. The zero-order valence-corrected chi connectivity index (χ0v) is 11.8. The van der Waals surface area contributed by atoms with Gasteiger partial charge in [0.05, 0.1) is 12.8 Å². The Kier molecular flexibility index (Phi) is 3.48. The van der Waals surface area contributed by atoms with Crippen LogP contribution in [0, 0.1) is 11.8 Å². The quantitative estimate of drug-likeness (QED) is 0.904. The minimum absolute atomic E-state index is 0.189. The van der Waals surface area contributed by atoms with Crippen LogP contribution in [0.25, 0.3) is 0 Å². The molecular formula is C16H24N2O. The van der Waals surface area contributed by atoms with Gasteiger partial charge in [0.25, 0.3) is 0 Å². The van der Waals surface area contributed by atoms with Crippen molar-refractivity contribution < 1.29 is 4.74 Å². The van der Waals surface area contributed by atoms with Gasteiger partial charge in [0.15, 0.2) is 0 Å². The molecule has 1 aromatic rings. The molecule has 1 aromatic heterocycles. The van der Waals surface area contributed by atoms with Crippen molar-refractivity contribution in [3.63, 3.8) is 0 Å². The van der Waals surface area contributed by atoms with Gasteiger partial charge in [0.1, 0.15) is 5.75 Å². The van der Waals surface area contributed by atoms with E-state index < -0.39 is 0 Å². The predicted octanol–water partition coefficient (Wildman–Crippen LogP) is 3.23. The second-order valence-corrected chi connectivity index (χ2v) is 6.19. The van der Waals surface area contributed by atoms with Crippen molar-refractivity contribution in [3.05, 3.63) is 24.0 Å². The first-order valence-corrected chi connectivity index (χ1v) is 7.58.